The standard InChI is InChI=1S/C12H20O2/c1-12(2,8-9-13)11(14)10-6-4-3-5-7-10/h9-10H,3-8H2,1-2H3. The molecule has 80 valence electrons. The Hall–Kier alpha value is -0.660. The number of carbonyl (C=O) groups is 2. The molecule has 0 atom stereocenters. The predicted molar refractivity (Wildman–Crippen MR) is 56.0 cm³/mol. The highest BCUT2D eigenvalue weighted by Gasteiger charge is 2.33. The van der Waals surface area contributed by atoms with Crippen molar-refractivity contribution in [2.75, 3.05) is 0 Å². The van der Waals surface area contributed by atoms with Gasteiger partial charge in [0.1, 0.15) is 12.1 Å². The monoisotopic (exact) mass is 196 g/mol. The van der Waals surface area contributed by atoms with Crippen LogP contribution in [0.1, 0.15) is 52.4 Å². The molecule has 14 heavy (non-hydrogen) atoms. The first-order valence-corrected chi connectivity index (χ1v) is 5.56. The molecule has 1 rings (SSSR count). The van der Waals surface area contributed by atoms with Gasteiger partial charge in [-0.15, -0.1) is 0 Å². The van der Waals surface area contributed by atoms with Gasteiger partial charge < -0.3 is 4.79 Å². The second-order valence-electron chi connectivity index (χ2n) is 4.95. The summed E-state index contributed by atoms with van der Waals surface area (Å²) >= 11 is 0. The minimum absolute atomic E-state index is 0.221. The van der Waals surface area contributed by atoms with Gasteiger partial charge in [-0.2, -0.15) is 0 Å². The summed E-state index contributed by atoms with van der Waals surface area (Å²) in [6.07, 6.45) is 6.89. The molecule has 0 aromatic heterocycles. The molecule has 0 amide bonds. The van der Waals surface area contributed by atoms with E-state index in [0.717, 1.165) is 19.1 Å². The quantitative estimate of drug-likeness (QED) is 0.648. The van der Waals surface area contributed by atoms with Crippen molar-refractivity contribution in [3.8, 4) is 0 Å². The number of hydrogen-bond donors (Lipinski definition) is 0. The van der Waals surface area contributed by atoms with Crippen LogP contribution in [0, 0.1) is 11.3 Å². The summed E-state index contributed by atoms with van der Waals surface area (Å²) in [5, 5.41) is 0. The van der Waals surface area contributed by atoms with E-state index in [0.29, 0.717) is 12.2 Å². The Labute approximate surface area is 86.1 Å². The fourth-order valence-corrected chi connectivity index (χ4v) is 2.23. The average Bonchev–Trinajstić information content (AvgIpc) is 2.18. The van der Waals surface area contributed by atoms with E-state index in [4.69, 9.17) is 0 Å². The first-order valence-electron chi connectivity index (χ1n) is 5.56. The topological polar surface area (TPSA) is 34.1 Å². The lowest BCUT2D eigenvalue weighted by atomic mass is 9.74. The summed E-state index contributed by atoms with van der Waals surface area (Å²) in [4.78, 5) is 22.5. The maximum atomic E-state index is 12.1. The zero-order chi connectivity index (χ0) is 10.6. The third kappa shape index (κ3) is 2.66. The molecule has 0 N–H and O–H groups in total. The normalized spacial score (nSPS) is 19.3. The Morgan fingerprint density at radius 2 is 1.86 bits per heavy atom. The summed E-state index contributed by atoms with van der Waals surface area (Å²) in [6.45, 7) is 3.77. The molecular formula is C12H20O2. The second kappa shape index (κ2) is 4.72. The second-order valence-corrected chi connectivity index (χ2v) is 4.95. The molecule has 0 aliphatic heterocycles. The molecule has 0 saturated heterocycles. The van der Waals surface area contributed by atoms with E-state index in [1.807, 2.05) is 13.8 Å². The highest BCUT2D eigenvalue weighted by molar-refractivity contribution is 5.88. The van der Waals surface area contributed by atoms with E-state index >= 15 is 0 Å². The minimum atomic E-state index is -0.441. The first-order chi connectivity index (χ1) is 6.58. The molecule has 0 aromatic carbocycles. The zero-order valence-electron chi connectivity index (χ0n) is 9.21. The molecule has 2 nitrogen and oxygen atoms in total. The zero-order valence-corrected chi connectivity index (χ0v) is 9.21. The third-order valence-electron chi connectivity index (χ3n) is 3.24. The van der Waals surface area contributed by atoms with Crippen LogP contribution in [-0.2, 0) is 9.59 Å². The van der Waals surface area contributed by atoms with Gasteiger partial charge in [0.15, 0.2) is 0 Å². The molecule has 1 aliphatic carbocycles. The largest absolute Gasteiger partial charge is 0.303 e. The van der Waals surface area contributed by atoms with Gasteiger partial charge in [-0.25, -0.2) is 0 Å². The van der Waals surface area contributed by atoms with Crippen LogP contribution in [0.15, 0.2) is 0 Å². The predicted octanol–water partition coefficient (Wildman–Crippen LogP) is 2.75. The Morgan fingerprint density at radius 1 is 1.29 bits per heavy atom. The lowest BCUT2D eigenvalue weighted by Crippen LogP contribution is -2.32. The van der Waals surface area contributed by atoms with Crippen molar-refractivity contribution in [3.05, 3.63) is 0 Å². The highest BCUT2D eigenvalue weighted by atomic mass is 16.1. The number of Topliss-reactive ketones (excluding diaryl/α,β-unsaturated/α-hetero) is 1. The van der Waals surface area contributed by atoms with Crippen molar-refractivity contribution in [1.29, 1.82) is 0 Å². The molecule has 0 bridgehead atoms. The van der Waals surface area contributed by atoms with Crippen LogP contribution < -0.4 is 0 Å². The maximum Gasteiger partial charge on any atom is 0.141 e. The summed E-state index contributed by atoms with van der Waals surface area (Å²) in [6, 6.07) is 0. The fraction of sp³-hybridized carbons (Fsp3) is 0.833. The molecule has 0 unspecified atom stereocenters. The third-order valence-corrected chi connectivity index (χ3v) is 3.24. The Kier molecular flexibility index (Phi) is 3.85. The van der Waals surface area contributed by atoms with Crippen molar-refractivity contribution in [1.82, 2.24) is 0 Å². The maximum absolute atomic E-state index is 12.1. The van der Waals surface area contributed by atoms with Gasteiger partial charge in [0, 0.05) is 17.8 Å². The van der Waals surface area contributed by atoms with E-state index in [1.54, 1.807) is 0 Å². The smallest absolute Gasteiger partial charge is 0.141 e. The molecule has 0 heterocycles. The average molecular weight is 196 g/mol. The molecule has 0 radical (unpaired) electrons. The van der Waals surface area contributed by atoms with Crippen molar-refractivity contribution in [3.63, 3.8) is 0 Å². The minimum Gasteiger partial charge on any atom is -0.303 e. The summed E-state index contributed by atoms with van der Waals surface area (Å²) < 4.78 is 0. The summed E-state index contributed by atoms with van der Waals surface area (Å²) in [5.41, 5.74) is -0.441. The lowest BCUT2D eigenvalue weighted by Gasteiger charge is -2.28. The van der Waals surface area contributed by atoms with E-state index < -0.39 is 5.41 Å². The SMILES string of the molecule is CC(C)(CC=O)C(=O)C1CCCCC1. The van der Waals surface area contributed by atoms with Crippen LogP contribution in [0.2, 0.25) is 0 Å². The molecule has 1 aliphatic rings. The molecule has 0 aromatic rings. The van der Waals surface area contributed by atoms with Crippen molar-refractivity contribution in [2.45, 2.75) is 52.4 Å². The first kappa shape index (κ1) is 11.4. The van der Waals surface area contributed by atoms with Crippen molar-refractivity contribution in [2.24, 2.45) is 11.3 Å². The van der Waals surface area contributed by atoms with Crippen LogP contribution >= 0.6 is 0 Å². The number of aldehydes is 1. The van der Waals surface area contributed by atoms with E-state index in [9.17, 15) is 9.59 Å². The van der Waals surface area contributed by atoms with E-state index in [1.165, 1.54) is 19.3 Å². The van der Waals surface area contributed by atoms with Gasteiger partial charge >= 0.3 is 0 Å². The van der Waals surface area contributed by atoms with Crippen molar-refractivity contribution < 1.29 is 9.59 Å². The van der Waals surface area contributed by atoms with E-state index in [-0.39, 0.29) is 5.92 Å². The summed E-state index contributed by atoms with van der Waals surface area (Å²) in [7, 11) is 0. The van der Waals surface area contributed by atoms with Gasteiger partial charge in [0.25, 0.3) is 0 Å². The van der Waals surface area contributed by atoms with Crippen molar-refractivity contribution >= 4 is 12.1 Å². The van der Waals surface area contributed by atoms with Crippen LogP contribution in [-0.4, -0.2) is 12.1 Å². The van der Waals surface area contributed by atoms with Crippen LogP contribution in [0.4, 0.5) is 0 Å². The van der Waals surface area contributed by atoms with Gasteiger partial charge in [0.05, 0.1) is 0 Å². The molecule has 0 spiro atoms. The molecule has 1 fully saturated rings. The van der Waals surface area contributed by atoms with Crippen LogP contribution in [0.3, 0.4) is 0 Å². The number of carbonyl (C=O) groups excluding carboxylic acids is 2. The van der Waals surface area contributed by atoms with Gasteiger partial charge in [-0.1, -0.05) is 33.1 Å². The van der Waals surface area contributed by atoms with Crippen LogP contribution in [0.5, 0.6) is 0 Å². The number of hydrogen-bond acceptors (Lipinski definition) is 2. The number of rotatable bonds is 4. The summed E-state index contributed by atoms with van der Waals surface area (Å²) in [5.74, 6) is 0.517. The van der Waals surface area contributed by atoms with E-state index in [2.05, 4.69) is 0 Å². The van der Waals surface area contributed by atoms with Crippen LogP contribution in [0.25, 0.3) is 0 Å². The Balaban J connectivity index is 2.57. The van der Waals surface area contributed by atoms with Gasteiger partial charge in [0.2, 0.25) is 0 Å². The Bertz CT molecular complexity index is 212. The lowest BCUT2D eigenvalue weighted by molar-refractivity contribution is -0.134. The fourth-order valence-electron chi connectivity index (χ4n) is 2.23. The molecule has 2 heteroatoms. The Morgan fingerprint density at radius 3 is 2.36 bits per heavy atom. The van der Waals surface area contributed by atoms with Gasteiger partial charge in [-0.3, -0.25) is 4.79 Å². The van der Waals surface area contributed by atoms with Gasteiger partial charge in [-0.05, 0) is 12.8 Å². The molecule has 1 saturated carbocycles. The highest BCUT2D eigenvalue weighted by Crippen LogP contribution is 2.32. The number of ketones is 1. The molecular weight excluding hydrogens is 176 g/mol.